The fourth-order valence-corrected chi connectivity index (χ4v) is 3.69. The summed E-state index contributed by atoms with van der Waals surface area (Å²) in [7, 11) is 0. The number of benzene rings is 1. The summed E-state index contributed by atoms with van der Waals surface area (Å²) >= 11 is 0. The number of morpholine rings is 1. The van der Waals surface area contributed by atoms with Gasteiger partial charge in [-0.3, -0.25) is 9.69 Å². The highest BCUT2D eigenvalue weighted by atomic mass is 16.5. The van der Waals surface area contributed by atoms with E-state index in [2.05, 4.69) is 38.4 Å². The Morgan fingerprint density at radius 1 is 1.27 bits per heavy atom. The van der Waals surface area contributed by atoms with Crippen molar-refractivity contribution >= 4 is 22.5 Å². The fourth-order valence-electron chi connectivity index (χ4n) is 3.69. The average molecular weight is 358 g/mol. The van der Waals surface area contributed by atoms with Gasteiger partial charge in [-0.1, -0.05) is 0 Å². The number of fused-ring (bicyclic) bond motifs is 1. The second-order valence-corrected chi connectivity index (χ2v) is 7.08. The Kier molecular flexibility index (Phi) is 5.21. The number of carbonyl (C=O) groups is 1. The predicted molar refractivity (Wildman–Crippen MR) is 100 cm³/mol. The first kappa shape index (κ1) is 17.5. The standard InChI is InChI=1S/C19H26N4O3/c24-16-12-17(20-13-16)19(25)21-15-1-2-18-14(11-15)3-4-23(18)6-5-22-7-9-26-10-8-22/h1-4,11,16-17,20,24H,5-10,12-13H2,(H,21,25). The Balaban J connectivity index is 1.39. The molecule has 140 valence electrons. The lowest BCUT2D eigenvalue weighted by Crippen LogP contribution is -2.38. The second-order valence-electron chi connectivity index (χ2n) is 7.08. The maximum atomic E-state index is 12.3. The van der Waals surface area contributed by atoms with Crippen molar-refractivity contribution in [2.45, 2.75) is 25.1 Å². The maximum absolute atomic E-state index is 12.3. The smallest absolute Gasteiger partial charge is 0.241 e. The minimum atomic E-state index is -0.436. The first-order valence-electron chi connectivity index (χ1n) is 9.30. The summed E-state index contributed by atoms with van der Waals surface area (Å²) in [4.78, 5) is 14.7. The molecule has 0 bridgehead atoms. The normalized spacial score (nSPS) is 24.2. The molecule has 2 atom stereocenters. The molecule has 2 aromatic rings. The van der Waals surface area contributed by atoms with Crippen LogP contribution in [0.5, 0.6) is 0 Å². The summed E-state index contributed by atoms with van der Waals surface area (Å²) in [6.45, 7) is 6.08. The third kappa shape index (κ3) is 3.91. The number of hydrogen-bond donors (Lipinski definition) is 3. The second kappa shape index (κ2) is 7.75. The van der Waals surface area contributed by atoms with Crippen molar-refractivity contribution in [3.63, 3.8) is 0 Å². The third-order valence-electron chi connectivity index (χ3n) is 5.22. The van der Waals surface area contributed by atoms with Crippen molar-refractivity contribution < 1.29 is 14.6 Å². The lowest BCUT2D eigenvalue weighted by Gasteiger charge is -2.26. The molecule has 0 spiro atoms. The molecular formula is C19H26N4O3. The Morgan fingerprint density at radius 3 is 2.88 bits per heavy atom. The zero-order valence-electron chi connectivity index (χ0n) is 14.9. The number of β-amino-alcohol motifs (C(OH)–C–C–N with tert-alkyl or cyclic N) is 1. The van der Waals surface area contributed by atoms with E-state index in [9.17, 15) is 9.90 Å². The third-order valence-corrected chi connectivity index (χ3v) is 5.22. The van der Waals surface area contributed by atoms with Gasteiger partial charge < -0.3 is 25.0 Å². The SMILES string of the molecule is O=C(Nc1ccc2c(ccn2CCN2CCOCC2)c1)C1CC(O)CN1. The lowest BCUT2D eigenvalue weighted by atomic mass is 10.2. The van der Waals surface area contributed by atoms with E-state index in [1.807, 2.05) is 12.1 Å². The molecule has 2 aliphatic rings. The van der Waals surface area contributed by atoms with Gasteiger partial charge in [0.05, 0.1) is 25.4 Å². The zero-order valence-corrected chi connectivity index (χ0v) is 14.9. The largest absolute Gasteiger partial charge is 0.392 e. The van der Waals surface area contributed by atoms with Crippen molar-refractivity contribution in [1.29, 1.82) is 0 Å². The molecule has 0 aliphatic carbocycles. The zero-order chi connectivity index (χ0) is 17.9. The van der Waals surface area contributed by atoms with Crippen LogP contribution in [0.1, 0.15) is 6.42 Å². The molecule has 1 aromatic heterocycles. The highest BCUT2D eigenvalue weighted by molar-refractivity contribution is 5.97. The van der Waals surface area contributed by atoms with Gasteiger partial charge in [0.15, 0.2) is 0 Å². The van der Waals surface area contributed by atoms with Crippen LogP contribution in [0.2, 0.25) is 0 Å². The Labute approximate surface area is 152 Å². The van der Waals surface area contributed by atoms with E-state index in [0.717, 1.165) is 50.5 Å². The summed E-state index contributed by atoms with van der Waals surface area (Å²) in [5.41, 5.74) is 1.96. The van der Waals surface area contributed by atoms with E-state index in [1.165, 1.54) is 5.52 Å². The molecule has 0 radical (unpaired) electrons. The molecule has 7 nitrogen and oxygen atoms in total. The average Bonchev–Trinajstić information content (AvgIpc) is 3.27. The van der Waals surface area contributed by atoms with Crippen LogP contribution in [0.15, 0.2) is 30.5 Å². The molecule has 2 fully saturated rings. The van der Waals surface area contributed by atoms with E-state index < -0.39 is 6.10 Å². The first-order chi connectivity index (χ1) is 12.7. The number of amides is 1. The highest BCUT2D eigenvalue weighted by Crippen LogP contribution is 2.21. The number of carbonyl (C=O) groups excluding carboxylic acids is 1. The topological polar surface area (TPSA) is 78.8 Å². The molecule has 4 rings (SSSR count). The van der Waals surface area contributed by atoms with Crippen molar-refractivity contribution in [1.82, 2.24) is 14.8 Å². The van der Waals surface area contributed by atoms with E-state index in [0.29, 0.717) is 13.0 Å². The molecule has 0 saturated carbocycles. The van der Waals surface area contributed by atoms with Crippen molar-refractivity contribution in [3.8, 4) is 0 Å². The van der Waals surface area contributed by atoms with E-state index in [1.54, 1.807) is 0 Å². The summed E-state index contributed by atoms with van der Waals surface area (Å²) in [5, 5.41) is 16.6. The van der Waals surface area contributed by atoms with Gasteiger partial charge in [0.1, 0.15) is 0 Å². The maximum Gasteiger partial charge on any atom is 0.241 e. The molecule has 3 heterocycles. The van der Waals surface area contributed by atoms with Crippen LogP contribution in [0, 0.1) is 0 Å². The Morgan fingerprint density at radius 2 is 2.12 bits per heavy atom. The molecule has 1 amide bonds. The van der Waals surface area contributed by atoms with Gasteiger partial charge in [-0.25, -0.2) is 0 Å². The number of aliphatic hydroxyl groups excluding tert-OH is 1. The van der Waals surface area contributed by atoms with Crippen LogP contribution < -0.4 is 10.6 Å². The lowest BCUT2D eigenvalue weighted by molar-refractivity contribution is -0.117. The summed E-state index contributed by atoms with van der Waals surface area (Å²) in [6.07, 6.45) is 2.13. The number of anilines is 1. The van der Waals surface area contributed by atoms with E-state index in [4.69, 9.17) is 4.74 Å². The molecular weight excluding hydrogens is 332 g/mol. The van der Waals surface area contributed by atoms with Gasteiger partial charge in [0, 0.05) is 55.5 Å². The minimum Gasteiger partial charge on any atom is -0.392 e. The summed E-state index contributed by atoms with van der Waals surface area (Å²) < 4.78 is 7.65. The molecule has 2 saturated heterocycles. The van der Waals surface area contributed by atoms with Crippen LogP contribution in [0.4, 0.5) is 5.69 Å². The van der Waals surface area contributed by atoms with Crippen LogP contribution in [-0.2, 0) is 16.1 Å². The molecule has 2 aliphatic heterocycles. The Hall–Kier alpha value is -1.93. The number of aliphatic hydroxyl groups is 1. The predicted octanol–water partition coefficient (Wildman–Crippen LogP) is 0.635. The monoisotopic (exact) mass is 358 g/mol. The molecule has 26 heavy (non-hydrogen) atoms. The van der Waals surface area contributed by atoms with Crippen LogP contribution in [0.3, 0.4) is 0 Å². The van der Waals surface area contributed by atoms with Gasteiger partial charge >= 0.3 is 0 Å². The first-order valence-corrected chi connectivity index (χ1v) is 9.30. The van der Waals surface area contributed by atoms with Gasteiger partial charge in [0.25, 0.3) is 0 Å². The molecule has 7 heteroatoms. The quantitative estimate of drug-likeness (QED) is 0.731. The molecule has 2 unspecified atom stereocenters. The van der Waals surface area contributed by atoms with Crippen molar-refractivity contribution in [2.24, 2.45) is 0 Å². The van der Waals surface area contributed by atoms with Crippen LogP contribution in [-0.4, -0.2) is 72.0 Å². The van der Waals surface area contributed by atoms with Gasteiger partial charge in [-0.05, 0) is 30.7 Å². The number of aromatic nitrogens is 1. The Bertz CT molecular complexity index is 769. The van der Waals surface area contributed by atoms with Gasteiger partial charge in [0.2, 0.25) is 5.91 Å². The van der Waals surface area contributed by atoms with Crippen molar-refractivity contribution in [3.05, 3.63) is 30.5 Å². The number of nitrogens with zero attached hydrogens (tertiary/aromatic N) is 2. The molecule has 3 N–H and O–H groups in total. The minimum absolute atomic E-state index is 0.0901. The number of ether oxygens (including phenoxy) is 1. The fraction of sp³-hybridized carbons (Fsp3) is 0.526. The number of nitrogens with one attached hydrogen (secondary N) is 2. The van der Waals surface area contributed by atoms with E-state index in [-0.39, 0.29) is 11.9 Å². The van der Waals surface area contributed by atoms with Crippen LogP contribution >= 0.6 is 0 Å². The van der Waals surface area contributed by atoms with E-state index >= 15 is 0 Å². The highest BCUT2D eigenvalue weighted by Gasteiger charge is 2.28. The molecule has 1 aromatic carbocycles. The van der Waals surface area contributed by atoms with Gasteiger partial charge in [-0.15, -0.1) is 0 Å². The van der Waals surface area contributed by atoms with Crippen LogP contribution in [0.25, 0.3) is 10.9 Å². The number of hydrogen-bond acceptors (Lipinski definition) is 5. The number of rotatable bonds is 5. The summed E-state index contributed by atoms with van der Waals surface area (Å²) in [6, 6.07) is 7.77. The van der Waals surface area contributed by atoms with Gasteiger partial charge in [-0.2, -0.15) is 0 Å². The summed E-state index contributed by atoms with van der Waals surface area (Å²) in [5.74, 6) is -0.0901. The van der Waals surface area contributed by atoms with Crippen molar-refractivity contribution in [2.75, 3.05) is 44.7 Å².